The molecule has 0 spiro atoms. The molecule has 2 aromatic carbocycles. The predicted molar refractivity (Wildman–Crippen MR) is 120 cm³/mol. The first-order chi connectivity index (χ1) is 16.4. The van der Waals surface area contributed by atoms with E-state index >= 15 is 0 Å². The lowest BCUT2D eigenvalue weighted by Gasteiger charge is -2.08. The van der Waals surface area contributed by atoms with Gasteiger partial charge in [-0.05, 0) is 12.1 Å². The van der Waals surface area contributed by atoms with Crippen molar-refractivity contribution in [1.82, 2.24) is 45.5 Å². The number of para-hydroxylation sites is 1. The van der Waals surface area contributed by atoms with Crippen molar-refractivity contribution in [1.29, 1.82) is 0 Å². The molecule has 2 aromatic heterocycles. The SMILES string of the molecule is CN(C)C(=O)Cn1cc(C(=O)NNC(=O)c2nc(-c3ccccc3)n(-c3ccccc3)n2)nn1. The van der Waals surface area contributed by atoms with Crippen molar-refractivity contribution >= 4 is 17.7 Å². The molecule has 4 rings (SSSR count). The molecule has 0 unspecified atom stereocenters. The van der Waals surface area contributed by atoms with Gasteiger partial charge in [0.2, 0.25) is 11.7 Å². The predicted octanol–water partition coefficient (Wildman–Crippen LogP) is 0.689. The van der Waals surface area contributed by atoms with Crippen LogP contribution in [0.15, 0.2) is 66.9 Å². The molecule has 0 saturated carbocycles. The number of hydrazine groups is 1. The number of nitrogens with one attached hydrogen (secondary N) is 2. The van der Waals surface area contributed by atoms with Crippen LogP contribution in [0.25, 0.3) is 17.1 Å². The van der Waals surface area contributed by atoms with Gasteiger partial charge in [-0.15, -0.1) is 10.2 Å². The molecule has 0 saturated heterocycles. The first-order valence-corrected chi connectivity index (χ1v) is 10.2. The number of rotatable bonds is 6. The van der Waals surface area contributed by atoms with Crippen molar-refractivity contribution in [3.05, 3.63) is 78.4 Å². The van der Waals surface area contributed by atoms with Gasteiger partial charge in [-0.3, -0.25) is 25.2 Å². The summed E-state index contributed by atoms with van der Waals surface area (Å²) in [5.41, 5.74) is 5.96. The van der Waals surface area contributed by atoms with E-state index in [0.29, 0.717) is 5.82 Å². The van der Waals surface area contributed by atoms with Gasteiger partial charge in [-0.25, -0.2) is 14.3 Å². The van der Waals surface area contributed by atoms with E-state index < -0.39 is 11.8 Å². The Morgan fingerprint density at radius 1 is 0.912 bits per heavy atom. The number of hydrogen-bond donors (Lipinski definition) is 2. The van der Waals surface area contributed by atoms with Crippen molar-refractivity contribution < 1.29 is 14.4 Å². The second-order valence-corrected chi connectivity index (χ2v) is 7.37. The summed E-state index contributed by atoms with van der Waals surface area (Å²) in [7, 11) is 3.22. The third-order valence-electron chi connectivity index (χ3n) is 4.70. The molecule has 2 heterocycles. The Morgan fingerprint density at radius 2 is 1.56 bits per heavy atom. The van der Waals surface area contributed by atoms with E-state index in [-0.39, 0.29) is 24.0 Å². The van der Waals surface area contributed by atoms with Crippen LogP contribution < -0.4 is 10.9 Å². The summed E-state index contributed by atoms with van der Waals surface area (Å²) in [5, 5.41) is 11.8. The van der Waals surface area contributed by atoms with Gasteiger partial charge in [0.1, 0.15) is 6.54 Å². The Hall–Kier alpha value is -4.87. The third-order valence-corrected chi connectivity index (χ3v) is 4.70. The number of aromatic nitrogens is 6. The zero-order valence-electron chi connectivity index (χ0n) is 18.4. The van der Waals surface area contributed by atoms with Crippen molar-refractivity contribution in [3.8, 4) is 17.1 Å². The molecule has 0 aliphatic carbocycles. The van der Waals surface area contributed by atoms with E-state index in [4.69, 9.17) is 0 Å². The fourth-order valence-electron chi connectivity index (χ4n) is 2.92. The molecule has 12 heteroatoms. The van der Waals surface area contributed by atoms with E-state index in [9.17, 15) is 14.4 Å². The summed E-state index contributed by atoms with van der Waals surface area (Å²) in [5.74, 6) is -1.29. The molecule has 12 nitrogen and oxygen atoms in total. The maximum absolute atomic E-state index is 12.7. The zero-order valence-corrected chi connectivity index (χ0v) is 18.4. The lowest BCUT2D eigenvalue weighted by molar-refractivity contribution is -0.129. The number of carbonyl (C=O) groups is 3. The van der Waals surface area contributed by atoms with Gasteiger partial charge in [-0.2, -0.15) is 0 Å². The molecule has 0 atom stereocenters. The second-order valence-electron chi connectivity index (χ2n) is 7.37. The van der Waals surface area contributed by atoms with Gasteiger partial charge < -0.3 is 4.90 Å². The van der Waals surface area contributed by atoms with Gasteiger partial charge in [0.25, 0.3) is 5.91 Å². The van der Waals surface area contributed by atoms with Crippen LogP contribution in [0.2, 0.25) is 0 Å². The Labute approximate surface area is 194 Å². The fraction of sp³-hybridized carbons (Fsp3) is 0.136. The highest BCUT2D eigenvalue weighted by Crippen LogP contribution is 2.20. The monoisotopic (exact) mass is 459 g/mol. The summed E-state index contributed by atoms with van der Waals surface area (Å²) < 4.78 is 2.79. The molecule has 3 amide bonds. The molecule has 0 fully saturated rings. The smallest absolute Gasteiger partial charge is 0.309 e. The van der Waals surface area contributed by atoms with Gasteiger partial charge in [0.15, 0.2) is 11.5 Å². The molecule has 0 aliphatic heterocycles. The van der Waals surface area contributed by atoms with Gasteiger partial charge in [-0.1, -0.05) is 53.7 Å². The van der Waals surface area contributed by atoms with E-state index in [1.165, 1.54) is 15.8 Å². The maximum atomic E-state index is 12.7. The Kier molecular flexibility index (Phi) is 6.39. The molecular formula is C22H21N9O3. The van der Waals surface area contributed by atoms with Crippen LogP contribution in [-0.2, 0) is 11.3 Å². The first kappa shape index (κ1) is 22.3. The summed E-state index contributed by atoms with van der Waals surface area (Å²) in [6, 6.07) is 18.6. The zero-order chi connectivity index (χ0) is 24.1. The quantitative estimate of drug-likeness (QED) is 0.404. The van der Waals surface area contributed by atoms with Crippen LogP contribution in [0.1, 0.15) is 21.1 Å². The van der Waals surface area contributed by atoms with Crippen LogP contribution >= 0.6 is 0 Å². The molecule has 0 bridgehead atoms. The number of likely N-dealkylation sites (N-methyl/N-ethyl adjacent to an activating group) is 1. The lowest BCUT2D eigenvalue weighted by atomic mass is 10.2. The minimum atomic E-state index is -0.713. The van der Waals surface area contributed by atoms with Crippen LogP contribution in [-0.4, -0.2) is 66.5 Å². The first-order valence-electron chi connectivity index (χ1n) is 10.2. The fourth-order valence-corrected chi connectivity index (χ4v) is 2.92. The maximum Gasteiger partial charge on any atom is 0.309 e. The molecule has 2 N–H and O–H groups in total. The van der Waals surface area contributed by atoms with E-state index in [0.717, 1.165) is 11.3 Å². The largest absolute Gasteiger partial charge is 0.347 e. The minimum Gasteiger partial charge on any atom is -0.347 e. The summed E-state index contributed by atoms with van der Waals surface area (Å²) in [4.78, 5) is 42.6. The standard InChI is InChI=1S/C22H21N9O3/c1-29(2)18(32)14-30-13-17(24-28-30)21(33)25-26-22(34)19-23-20(15-9-5-3-6-10-15)31(27-19)16-11-7-4-8-12-16/h3-13H,14H2,1-2H3,(H,25,33)(H,26,34). The number of hydrogen-bond acceptors (Lipinski definition) is 7. The molecule has 0 radical (unpaired) electrons. The summed E-state index contributed by atoms with van der Waals surface area (Å²) in [6.45, 7) is -0.0667. The number of benzene rings is 2. The van der Waals surface area contributed by atoms with Gasteiger partial charge >= 0.3 is 5.91 Å². The minimum absolute atomic E-state index is 0.0667. The Balaban J connectivity index is 1.48. The van der Waals surface area contributed by atoms with Crippen LogP contribution in [0.5, 0.6) is 0 Å². The van der Waals surface area contributed by atoms with Crippen LogP contribution in [0.4, 0.5) is 0 Å². The van der Waals surface area contributed by atoms with Crippen LogP contribution in [0.3, 0.4) is 0 Å². The average Bonchev–Trinajstić information content (AvgIpc) is 3.51. The van der Waals surface area contributed by atoms with Crippen molar-refractivity contribution in [2.75, 3.05) is 14.1 Å². The van der Waals surface area contributed by atoms with Crippen LogP contribution in [0, 0.1) is 0 Å². The third kappa shape index (κ3) is 4.96. The van der Waals surface area contributed by atoms with Gasteiger partial charge in [0, 0.05) is 19.7 Å². The molecular weight excluding hydrogens is 438 g/mol. The van der Waals surface area contributed by atoms with Crippen molar-refractivity contribution in [2.24, 2.45) is 0 Å². The van der Waals surface area contributed by atoms with Crippen molar-refractivity contribution in [3.63, 3.8) is 0 Å². The molecule has 0 aliphatic rings. The normalized spacial score (nSPS) is 10.5. The van der Waals surface area contributed by atoms with E-state index in [1.807, 2.05) is 60.7 Å². The molecule has 4 aromatic rings. The number of amides is 3. The number of nitrogens with zero attached hydrogens (tertiary/aromatic N) is 7. The van der Waals surface area contributed by atoms with Gasteiger partial charge in [0.05, 0.1) is 11.9 Å². The van der Waals surface area contributed by atoms with Crippen molar-refractivity contribution in [2.45, 2.75) is 6.54 Å². The summed E-state index contributed by atoms with van der Waals surface area (Å²) >= 11 is 0. The number of carbonyl (C=O) groups excluding carboxylic acids is 3. The molecule has 172 valence electrons. The highest BCUT2D eigenvalue weighted by Gasteiger charge is 2.20. The topological polar surface area (TPSA) is 140 Å². The highest BCUT2D eigenvalue weighted by atomic mass is 16.2. The van der Waals surface area contributed by atoms with E-state index in [2.05, 4.69) is 31.2 Å². The highest BCUT2D eigenvalue weighted by molar-refractivity contribution is 5.96. The second kappa shape index (κ2) is 9.73. The Morgan fingerprint density at radius 3 is 2.24 bits per heavy atom. The Bertz CT molecular complexity index is 1260. The lowest BCUT2D eigenvalue weighted by Crippen LogP contribution is -2.42. The average molecular weight is 459 g/mol. The molecule has 34 heavy (non-hydrogen) atoms. The summed E-state index contributed by atoms with van der Waals surface area (Å²) in [6.07, 6.45) is 1.30. The van der Waals surface area contributed by atoms with E-state index in [1.54, 1.807) is 18.8 Å².